The monoisotopic (exact) mass is 304 g/mol. The van der Waals surface area contributed by atoms with Crippen LogP contribution in [0.4, 0.5) is 10.3 Å². The molecule has 1 aromatic heterocycles. The predicted molar refractivity (Wildman–Crippen MR) is 85.7 cm³/mol. The number of benzene rings is 1. The molecule has 0 saturated heterocycles. The molecule has 1 aliphatic carbocycles. The van der Waals surface area contributed by atoms with Crippen LogP contribution in [0.5, 0.6) is 0 Å². The van der Waals surface area contributed by atoms with Gasteiger partial charge in [0.15, 0.2) is 0 Å². The molecule has 2 aromatic rings. The molecule has 2 N–H and O–H groups in total. The highest BCUT2D eigenvalue weighted by atomic mass is 19.1. The van der Waals surface area contributed by atoms with Crippen LogP contribution in [0, 0.1) is 5.82 Å². The summed E-state index contributed by atoms with van der Waals surface area (Å²) in [7, 11) is 4.15. The van der Waals surface area contributed by atoms with Gasteiger partial charge >= 0.3 is 0 Å². The van der Waals surface area contributed by atoms with Crippen molar-refractivity contribution in [3.05, 3.63) is 34.4 Å². The van der Waals surface area contributed by atoms with Gasteiger partial charge in [-0.2, -0.15) is 0 Å². The van der Waals surface area contributed by atoms with E-state index in [1.165, 1.54) is 31.0 Å². The first-order valence-corrected chi connectivity index (χ1v) is 7.67. The van der Waals surface area contributed by atoms with E-state index in [-0.39, 0.29) is 17.0 Å². The summed E-state index contributed by atoms with van der Waals surface area (Å²) in [5.41, 5.74) is 0.189. The zero-order chi connectivity index (χ0) is 15.7. The predicted octanol–water partition coefficient (Wildman–Crippen LogP) is 2.35. The van der Waals surface area contributed by atoms with Crippen LogP contribution in [0.25, 0.3) is 10.9 Å². The lowest BCUT2D eigenvalue weighted by atomic mass is 9.89. The molecule has 6 heteroatoms. The summed E-state index contributed by atoms with van der Waals surface area (Å²) < 4.78 is 13.2. The van der Waals surface area contributed by atoms with E-state index in [0.717, 1.165) is 12.8 Å². The van der Waals surface area contributed by atoms with E-state index in [1.54, 1.807) is 0 Å². The molecular formula is C16H21FN4O. The third kappa shape index (κ3) is 2.97. The van der Waals surface area contributed by atoms with Crippen LogP contribution in [0.15, 0.2) is 23.0 Å². The molecule has 3 rings (SSSR count). The Morgan fingerprint density at radius 1 is 1.32 bits per heavy atom. The molecule has 0 bridgehead atoms. The molecule has 0 spiro atoms. The van der Waals surface area contributed by atoms with Gasteiger partial charge in [0.1, 0.15) is 5.82 Å². The van der Waals surface area contributed by atoms with Crippen molar-refractivity contribution in [1.29, 1.82) is 0 Å². The van der Waals surface area contributed by atoms with Gasteiger partial charge in [0.25, 0.3) is 5.56 Å². The molecule has 1 aliphatic rings. The summed E-state index contributed by atoms with van der Waals surface area (Å²) in [5.74, 6) is 0.0309. The third-order valence-electron chi connectivity index (χ3n) is 4.38. The number of anilines is 1. The molecule has 1 fully saturated rings. The second-order valence-electron chi connectivity index (χ2n) is 6.14. The first kappa shape index (κ1) is 15.0. The maximum Gasteiger partial charge on any atom is 0.260 e. The molecule has 118 valence electrons. The first-order chi connectivity index (χ1) is 10.5. The molecule has 1 heterocycles. The minimum absolute atomic E-state index is 0.254. The molecule has 0 unspecified atom stereocenters. The number of rotatable bonds is 3. The van der Waals surface area contributed by atoms with Crippen molar-refractivity contribution < 1.29 is 4.39 Å². The van der Waals surface area contributed by atoms with E-state index in [0.29, 0.717) is 17.5 Å². The average Bonchev–Trinajstić information content (AvgIpc) is 2.48. The number of hydrogen-bond acceptors (Lipinski definition) is 4. The number of nitrogens with zero attached hydrogens (tertiary/aromatic N) is 2. The summed E-state index contributed by atoms with van der Waals surface area (Å²) >= 11 is 0. The van der Waals surface area contributed by atoms with Crippen molar-refractivity contribution in [2.45, 2.75) is 37.8 Å². The third-order valence-corrected chi connectivity index (χ3v) is 4.38. The van der Waals surface area contributed by atoms with Crippen molar-refractivity contribution in [1.82, 2.24) is 14.9 Å². The molecule has 0 radical (unpaired) electrons. The average molecular weight is 304 g/mol. The summed E-state index contributed by atoms with van der Waals surface area (Å²) in [5, 5.41) is 3.63. The molecule has 1 saturated carbocycles. The fraction of sp³-hybridized carbons (Fsp3) is 0.500. The van der Waals surface area contributed by atoms with Crippen molar-refractivity contribution in [3.8, 4) is 0 Å². The van der Waals surface area contributed by atoms with Crippen LogP contribution in [-0.4, -0.2) is 41.0 Å². The highest BCUT2D eigenvalue weighted by Crippen LogP contribution is 2.24. The van der Waals surface area contributed by atoms with Gasteiger partial charge in [0.2, 0.25) is 5.95 Å². The van der Waals surface area contributed by atoms with E-state index >= 15 is 0 Å². The van der Waals surface area contributed by atoms with Gasteiger partial charge in [-0.25, -0.2) is 9.37 Å². The van der Waals surface area contributed by atoms with E-state index in [4.69, 9.17) is 0 Å². The Labute approximate surface area is 128 Å². The highest BCUT2D eigenvalue weighted by molar-refractivity contribution is 5.78. The molecule has 0 amide bonds. The zero-order valence-corrected chi connectivity index (χ0v) is 12.9. The Morgan fingerprint density at radius 2 is 2.09 bits per heavy atom. The quantitative estimate of drug-likeness (QED) is 0.914. The molecule has 5 nitrogen and oxygen atoms in total. The number of hydrogen-bond donors (Lipinski definition) is 2. The van der Waals surface area contributed by atoms with Crippen LogP contribution >= 0.6 is 0 Å². The van der Waals surface area contributed by atoms with Gasteiger partial charge in [-0.15, -0.1) is 0 Å². The van der Waals surface area contributed by atoms with Gasteiger partial charge in [-0.3, -0.25) is 9.78 Å². The molecule has 0 aliphatic heterocycles. The minimum atomic E-state index is -0.430. The Bertz CT molecular complexity index is 728. The van der Waals surface area contributed by atoms with E-state index in [1.807, 2.05) is 0 Å². The highest BCUT2D eigenvalue weighted by Gasteiger charge is 2.27. The van der Waals surface area contributed by atoms with Crippen LogP contribution in [0.2, 0.25) is 0 Å². The Kier molecular flexibility index (Phi) is 4.11. The van der Waals surface area contributed by atoms with Crippen molar-refractivity contribution in [2.24, 2.45) is 0 Å². The smallest absolute Gasteiger partial charge is 0.260 e. The number of nitrogens with one attached hydrogen (secondary N) is 2. The summed E-state index contributed by atoms with van der Waals surface area (Å²) in [6, 6.07) is 4.75. The minimum Gasteiger partial charge on any atom is -0.351 e. The maximum absolute atomic E-state index is 13.2. The fourth-order valence-electron chi connectivity index (χ4n) is 3.25. The molecule has 1 aromatic carbocycles. The summed E-state index contributed by atoms with van der Waals surface area (Å²) in [6.45, 7) is 0. The van der Waals surface area contributed by atoms with Gasteiger partial charge < -0.3 is 10.2 Å². The molecular weight excluding hydrogens is 283 g/mol. The van der Waals surface area contributed by atoms with E-state index < -0.39 is 5.82 Å². The van der Waals surface area contributed by atoms with Crippen molar-refractivity contribution >= 4 is 16.9 Å². The molecule has 22 heavy (non-hydrogen) atoms. The molecule has 2 atom stereocenters. The lowest BCUT2D eigenvalue weighted by Crippen LogP contribution is -2.45. The number of fused-ring (bicyclic) bond motifs is 1. The van der Waals surface area contributed by atoms with Gasteiger partial charge in [-0.1, -0.05) is 12.8 Å². The summed E-state index contributed by atoms with van der Waals surface area (Å²) in [6.07, 6.45) is 4.58. The summed E-state index contributed by atoms with van der Waals surface area (Å²) in [4.78, 5) is 21.4. The topological polar surface area (TPSA) is 61.0 Å². The second-order valence-corrected chi connectivity index (χ2v) is 6.14. The Hall–Kier alpha value is -1.95. The normalized spacial score (nSPS) is 22.2. The standard InChI is InChI=1S/C16H21FN4O/c1-21(2)14-6-4-3-5-13(14)19-16-18-12-8-7-10(17)9-11(12)15(22)20-16/h7-9,13-14H,3-6H2,1-2H3,(H2,18,19,20,22)/t13-,14-/m1/s1. The number of halogens is 1. The zero-order valence-electron chi connectivity index (χ0n) is 12.9. The first-order valence-electron chi connectivity index (χ1n) is 7.67. The maximum atomic E-state index is 13.2. The largest absolute Gasteiger partial charge is 0.351 e. The van der Waals surface area contributed by atoms with Crippen molar-refractivity contribution in [3.63, 3.8) is 0 Å². The van der Waals surface area contributed by atoms with Crippen LogP contribution < -0.4 is 10.9 Å². The van der Waals surface area contributed by atoms with Crippen LogP contribution in [0.3, 0.4) is 0 Å². The Morgan fingerprint density at radius 3 is 2.86 bits per heavy atom. The number of aromatic amines is 1. The van der Waals surface area contributed by atoms with E-state index in [2.05, 4.69) is 34.3 Å². The van der Waals surface area contributed by atoms with Crippen LogP contribution in [-0.2, 0) is 0 Å². The number of aromatic nitrogens is 2. The van der Waals surface area contributed by atoms with E-state index in [9.17, 15) is 9.18 Å². The van der Waals surface area contributed by atoms with Gasteiger partial charge in [0, 0.05) is 12.1 Å². The Balaban J connectivity index is 1.90. The van der Waals surface area contributed by atoms with Gasteiger partial charge in [0.05, 0.1) is 10.9 Å². The van der Waals surface area contributed by atoms with Crippen molar-refractivity contribution in [2.75, 3.05) is 19.4 Å². The fourth-order valence-corrected chi connectivity index (χ4v) is 3.25. The lowest BCUT2D eigenvalue weighted by Gasteiger charge is -2.36. The SMILES string of the molecule is CN(C)[C@@H]1CCCC[C@H]1Nc1nc2ccc(F)cc2c(=O)[nH]1. The second kappa shape index (κ2) is 6.04. The lowest BCUT2D eigenvalue weighted by molar-refractivity contribution is 0.211. The number of H-pyrrole nitrogens is 1. The van der Waals surface area contributed by atoms with Crippen LogP contribution in [0.1, 0.15) is 25.7 Å². The number of likely N-dealkylation sites (N-methyl/N-ethyl adjacent to an activating group) is 1. The van der Waals surface area contributed by atoms with Gasteiger partial charge in [-0.05, 0) is 45.1 Å².